The van der Waals surface area contributed by atoms with E-state index in [9.17, 15) is 4.79 Å². The van der Waals surface area contributed by atoms with Crippen LogP contribution >= 0.6 is 0 Å². The monoisotopic (exact) mass is 379 g/mol. The molecule has 1 aromatic heterocycles. The van der Waals surface area contributed by atoms with Crippen LogP contribution in [-0.2, 0) is 11.2 Å². The largest absolute Gasteiger partial charge is 0.376 e. The molecule has 2 saturated heterocycles. The Morgan fingerprint density at radius 2 is 1.96 bits per heavy atom. The minimum atomic E-state index is 0.112. The predicted octanol–water partition coefficient (Wildman–Crippen LogP) is 3.77. The Bertz CT molecular complexity index is 766. The smallest absolute Gasteiger partial charge is 0.254 e. The van der Waals surface area contributed by atoms with Crippen LogP contribution < -0.4 is 5.32 Å². The summed E-state index contributed by atoms with van der Waals surface area (Å²) in [7, 11) is 0. The Balaban J connectivity index is 1.29. The molecule has 4 rings (SSSR count). The van der Waals surface area contributed by atoms with E-state index in [0.717, 1.165) is 64.2 Å². The number of carbonyl (C=O) groups is 1. The Morgan fingerprint density at radius 1 is 1.14 bits per heavy atom. The molecule has 148 valence electrons. The molecule has 2 fully saturated rings. The molecule has 1 N–H and O–H groups in total. The van der Waals surface area contributed by atoms with Crippen LogP contribution in [-0.4, -0.2) is 48.1 Å². The van der Waals surface area contributed by atoms with Gasteiger partial charge in [0.25, 0.3) is 5.91 Å². The molecule has 2 aliphatic rings. The van der Waals surface area contributed by atoms with Crippen LogP contribution in [0, 0.1) is 5.92 Å². The number of amides is 1. The van der Waals surface area contributed by atoms with Gasteiger partial charge in [-0.1, -0.05) is 30.3 Å². The lowest BCUT2D eigenvalue weighted by Crippen LogP contribution is -2.39. The summed E-state index contributed by atoms with van der Waals surface area (Å²) in [4.78, 5) is 19.3. The minimum Gasteiger partial charge on any atom is -0.376 e. The molecule has 28 heavy (non-hydrogen) atoms. The van der Waals surface area contributed by atoms with Crippen LogP contribution in [0.4, 0.5) is 5.82 Å². The Morgan fingerprint density at radius 3 is 2.71 bits per heavy atom. The summed E-state index contributed by atoms with van der Waals surface area (Å²) in [5, 5.41) is 3.31. The van der Waals surface area contributed by atoms with Crippen molar-refractivity contribution in [1.29, 1.82) is 0 Å². The van der Waals surface area contributed by atoms with Gasteiger partial charge in [-0.15, -0.1) is 0 Å². The highest BCUT2D eigenvalue weighted by Gasteiger charge is 2.24. The summed E-state index contributed by atoms with van der Waals surface area (Å²) < 4.78 is 5.63. The molecule has 2 aliphatic heterocycles. The van der Waals surface area contributed by atoms with Crippen LogP contribution in [0.5, 0.6) is 0 Å². The predicted molar refractivity (Wildman–Crippen MR) is 110 cm³/mol. The normalized spacial score (nSPS) is 20.3. The number of benzene rings is 1. The summed E-state index contributed by atoms with van der Waals surface area (Å²) >= 11 is 0. The SMILES string of the molecule is O=C(c1ccnc(NCC2CCCO2)c1)N1CCC(Cc2ccccc2)CC1. The molecule has 2 aromatic rings. The lowest BCUT2D eigenvalue weighted by Gasteiger charge is -2.32. The molecular formula is C23H29N3O2. The van der Waals surface area contributed by atoms with Crippen molar-refractivity contribution in [3.8, 4) is 0 Å². The lowest BCUT2D eigenvalue weighted by atomic mass is 9.90. The van der Waals surface area contributed by atoms with Gasteiger partial charge in [-0.2, -0.15) is 0 Å². The second kappa shape index (κ2) is 9.20. The molecule has 0 spiro atoms. The van der Waals surface area contributed by atoms with Crippen molar-refractivity contribution in [3.05, 3.63) is 59.8 Å². The second-order valence-electron chi connectivity index (χ2n) is 7.87. The Kier molecular flexibility index (Phi) is 6.22. The van der Waals surface area contributed by atoms with Crippen molar-refractivity contribution < 1.29 is 9.53 Å². The summed E-state index contributed by atoms with van der Waals surface area (Å²) in [6.45, 7) is 3.25. The van der Waals surface area contributed by atoms with Gasteiger partial charge in [0, 0.05) is 38.0 Å². The van der Waals surface area contributed by atoms with E-state index < -0.39 is 0 Å². The number of piperidine rings is 1. The quantitative estimate of drug-likeness (QED) is 0.830. The van der Waals surface area contributed by atoms with Gasteiger partial charge < -0.3 is 15.0 Å². The van der Waals surface area contributed by atoms with Gasteiger partial charge in [0.15, 0.2) is 0 Å². The van der Waals surface area contributed by atoms with E-state index in [1.807, 2.05) is 17.0 Å². The molecule has 5 nitrogen and oxygen atoms in total. The zero-order valence-electron chi connectivity index (χ0n) is 16.3. The summed E-state index contributed by atoms with van der Waals surface area (Å²) in [6.07, 6.45) is 7.42. The van der Waals surface area contributed by atoms with E-state index >= 15 is 0 Å². The maximum atomic E-state index is 12.9. The third-order valence-electron chi connectivity index (χ3n) is 5.81. The number of ether oxygens (including phenoxy) is 1. The van der Waals surface area contributed by atoms with Crippen molar-refractivity contribution in [1.82, 2.24) is 9.88 Å². The zero-order chi connectivity index (χ0) is 19.2. The minimum absolute atomic E-state index is 0.112. The van der Waals surface area contributed by atoms with Crippen LogP contribution in [0.15, 0.2) is 48.7 Å². The average molecular weight is 380 g/mol. The van der Waals surface area contributed by atoms with Gasteiger partial charge in [0.05, 0.1) is 6.10 Å². The van der Waals surface area contributed by atoms with Crippen molar-refractivity contribution in [2.45, 2.75) is 38.2 Å². The highest BCUT2D eigenvalue weighted by Crippen LogP contribution is 2.23. The van der Waals surface area contributed by atoms with E-state index in [1.54, 1.807) is 6.20 Å². The number of carbonyl (C=O) groups excluding carboxylic acids is 1. The van der Waals surface area contributed by atoms with Crippen LogP contribution in [0.25, 0.3) is 0 Å². The topological polar surface area (TPSA) is 54.5 Å². The highest BCUT2D eigenvalue weighted by molar-refractivity contribution is 5.94. The molecule has 0 radical (unpaired) electrons. The van der Waals surface area contributed by atoms with Crippen molar-refractivity contribution in [3.63, 3.8) is 0 Å². The number of aromatic nitrogens is 1. The lowest BCUT2D eigenvalue weighted by molar-refractivity contribution is 0.0690. The molecule has 5 heteroatoms. The molecule has 3 heterocycles. The van der Waals surface area contributed by atoms with Gasteiger partial charge in [-0.05, 0) is 55.7 Å². The van der Waals surface area contributed by atoms with Gasteiger partial charge in [-0.25, -0.2) is 4.98 Å². The summed E-state index contributed by atoms with van der Waals surface area (Å²) in [6, 6.07) is 14.3. The first-order valence-corrected chi connectivity index (χ1v) is 10.4. The summed E-state index contributed by atoms with van der Waals surface area (Å²) in [5.41, 5.74) is 2.11. The molecule has 0 aliphatic carbocycles. The van der Waals surface area contributed by atoms with E-state index in [1.165, 1.54) is 5.56 Å². The van der Waals surface area contributed by atoms with E-state index in [2.05, 4.69) is 40.6 Å². The highest BCUT2D eigenvalue weighted by atomic mass is 16.5. The number of rotatable bonds is 6. The number of hydrogen-bond donors (Lipinski definition) is 1. The van der Waals surface area contributed by atoms with Crippen LogP contribution in [0.2, 0.25) is 0 Å². The van der Waals surface area contributed by atoms with E-state index in [-0.39, 0.29) is 12.0 Å². The maximum absolute atomic E-state index is 12.9. The fourth-order valence-corrected chi connectivity index (χ4v) is 4.15. The van der Waals surface area contributed by atoms with Crippen molar-refractivity contribution in [2.24, 2.45) is 5.92 Å². The number of nitrogens with one attached hydrogen (secondary N) is 1. The van der Waals surface area contributed by atoms with Crippen molar-refractivity contribution >= 4 is 11.7 Å². The van der Waals surface area contributed by atoms with Gasteiger partial charge in [0.1, 0.15) is 5.82 Å². The first-order valence-electron chi connectivity index (χ1n) is 10.4. The number of nitrogens with zero attached hydrogens (tertiary/aromatic N) is 2. The first kappa shape index (κ1) is 18.9. The molecule has 0 saturated carbocycles. The van der Waals surface area contributed by atoms with Crippen LogP contribution in [0.3, 0.4) is 0 Å². The number of anilines is 1. The van der Waals surface area contributed by atoms with Gasteiger partial charge in [0.2, 0.25) is 0 Å². The first-order chi connectivity index (χ1) is 13.8. The maximum Gasteiger partial charge on any atom is 0.254 e. The third-order valence-corrected chi connectivity index (χ3v) is 5.81. The molecule has 1 aromatic carbocycles. The summed E-state index contributed by atoms with van der Waals surface area (Å²) in [5.74, 6) is 1.52. The second-order valence-corrected chi connectivity index (χ2v) is 7.87. The number of likely N-dealkylation sites (tertiary alicyclic amines) is 1. The van der Waals surface area contributed by atoms with Gasteiger partial charge >= 0.3 is 0 Å². The zero-order valence-corrected chi connectivity index (χ0v) is 16.3. The number of hydrogen-bond acceptors (Lipinski definition) is 4. The molecule has 1 unspecified atom stereocenters. The fraction of sp³-hybridized carbons (Fsp3) is 0.478. The third kappa shape index (κ3) is 4.90. The number of pyridine rings is 1. The Hall–Kier alpha value is -2.40. The molecule has 1 atom stereocenters. The standard InChI is InChI=1S/C23H29N3O2/c27-23(20-8-11-24-22(16-20)25-17-21-7-4-14-28-21)26-12-9-19(10-13-26)15-18-5-2-1-3-6-18/h1-3,5-6,8,11,16,19,21H,4,7,9-10,12-15,17H2,(H,24,25). The molecule has 0 bridgehead atoms. The van der Waals surface area contributed by atoms with E-state index in [0.29, 0.717) is 11.5 Å². The average Bonchev–Trinajstić information content (AvgIpc) is 3.27. The molecule has 1 amide bonds. The van der Waals surface area contributed by atoms with Crippen molar-refractivity contribution in [2.75, 3.05) is 31.6 Å². The molecular weight excluding hydrogens is 350 g/mol. The van der Waals surface area contributed by atoms with E-state index in [4.69, 9.17) is 4.74 Å². The fourth-order valence-electron chi connectivity index (χ4n) is 4.15. The van der Waals surface area contributed by atoms with Gasteiger partial charge in [-0.3, -0.25) is 4.79 Å². The Labute approximate surface area is 167 Å². The van der Waals surface area contributed by atoms with Crippen LogP contribution in [0.1, 0.15) is 41.6 Å².